The van der Waals surface area contributed by atoms with E-state index in [0.29, 0.717) is 11.9 Å². The molecule has 0 aromatic rings. The van der Waals surface area contributed by atoms with Crippen LogP contribution in [0.15, 0.2) is 0 Å². The normalized spacial score (nSPS) is 32.7. The summed E-state index contributed by atoms with van der Waals surface area (Å²) >= 11 is 0. The van der Waals surface area contributed by atoms with Crippen LogP contribution in [0.5, 0.6) is 0 Å². The maximum Gasteiger partial charge on any atom is 0.227 e. The van der Waals surface area contributed by atoms with E-state index in [1.165, 1.54) is 25.7 Å². The lowest BCUT2D eigenvalue weighted by Crippen LogP contribution is -2.54. The van der Waals surface area contributed by atoms with E-state index >= 15 is 0 Å². The molecular weight excluding hydrogens is 310 g/mol. The second kappa shape index (κ2) is 8.39. The molecule has 1 aliphatic carbocycles. The molecule has 0 unspecified atom stereocenters. The van der Waals surface area contributed by atoms with Crippen LogP contribution in [0.4, 0.5) is 0 Å². The van der Waals surface area contributed by atoms with Crippen molar-refractivity contribution < 1.29 is 4.79 Å². The van der Waals surface area contributed by atoms with Gasteiger partial charge in [0.05, 0.1) is 5.92 Å². The van der Waals surface area contributed by atoms with Crippen molar-refractivity contribution in [3.05, 3.63) is 0 Å². The van der Waals surface area contributed by atoms with Crippen molar-refractivity contribution in [3.63, 3.8) is 0 Å². The van der Waals surface area contributed by atoms with Crippen molar-refractivity contribution in [3.8, 4) is 0 Å². The molecule has 3 aliphatic rings. The van der Waals surface area contributed by atoms with Gasteiger partial charge in [0.15, 0.2) is 0 Å². The van der Waals surface area contributed by atoms with Crippen molar-refractivity contribution in [2.24, 2.45) is 17.8 Å². The quantitative estimate of drug-likeness (QED) is 0.780. The van der Waals surface area contributed by atoms with Gasteiger partial charge in [0.1, 0.15) is 0 Å². The van der Waals surface area contributed by atoms with E-state index in [4.69, 9.17) is 0 Å². The number of amides is 1. The second-order valence-electron chi connectivity index (χ2n) is 9.25. The van der Waals surface area contributed by atoms with Gasteiger partial charge >= 0.3 is 0 Å². The van der Waals surface area contributed by atoms with Crippen molar-refractivity contribution in [2.75, 3.05) is 39.3 Å². The number of rotatable bonds is 4. The van der Waals surface area contributed by atoms with Crippen molar-refractivity contribution in [1.29, 1.82) is 0 Å². The number of nitrogens with zero attached hydrogens (tertiary/aromatic N) is 3. The monoisotopic (exact) mass is 349 g/mol. The molecule has 2 heterocycles. The SMILES string of the molecule is CC(C)C1CCC(N2CCN(C(=O)[C@@H]3CCN(C(C)C)C3)CC2)CC1. The average Bonchev–Trinajstić information content (AvgIpc) is 3.12. The first-order chi connectivity index (χ1) is 12.0. The Hall–Kier alpha value is -0.610. The predicted molar refractivity (Wildman–Crippen MR) is 104 cm³/mol. The molecule has 1 atom stereocenters. The van der Waals surface area contributed by atoms with Gasteiger partial charge in [0.2, 0.25) is 5.91 Å². The smallest absolute Gasteiger partial charge is 0.227 e. The summed E-state index contributed by atoms with van der Waals surface area (Å²) in [5.41, 5.74) is 0. The van der Waals surface area contributed by atoms with Crippen LogP contribution in [0, 0.1) is 17.8 Å². The molecule has 4 nitrogen and oxygen atoms in total. The van der Waals surface area contributed by atoms with E-state index in [-0.39, 0.29) is 5.92 Å². The van der Waals surface area contributed by atoms with Gasteiger partial charge in [-0.25, -0.2) is 0 Å². The Balaban J connectivity index is 1.42. The number of likely N-dealkylation sites (tertiary alicyclic amines) is 1. The molecule has 25 heavy (non-hydrogen) atoms. The minimum Gasteiger partial charge on any atom is -0.340 e. The molecule has 0 bridgehead atoms. The van der Waals surface area contributed by atoms with Gasteiger partial charge in [0.25, 0.3) is 0 Å². The molecule has 0 spiro atoms. The molecule has 2 saturated heterocycles. The molecule has 0 radical (unpaired) electrons. The molecule has 3 fully saturated rings. The third kappa shape index (κ3) is 4.57. The Morgan fingerprint density at radius 2 is 1.48 bits per heavy atom. The van der Waals surface area contributed by atoms with Crippen LogP contribution < -0.4 is 0 Å². The fourth-order valence-electron chi connectivity index (χ4n) is 5.16. The topological polar surface area (TPSA) is 26.8 Å². The number of carbonyl (C=O) groups is 1. The van der Waals surface area contributed by atoms with E-state index < -0.39 is 0 Å². The van der Waals surface area contributed by atoms with Crippen LogP contribution in [-0.2, 0) is 4.79 Å². The first-order valence-electron chi connectivity index (χ1n) is 10.7. The first kappa shape index (κ1) is 19.2. The molecule has 4 heteroatoms. The standard InChI is InChI=1S/C21H39N3O/c1-16(2)18-5-7-20(8-6-18)22-11-13-23(14-12-22)21(25)19-9-10-24(15-19)17(3)4/h16-20H,5-15H2,1-4H3/t18?,19-,20?/m1/s1. The van der Waals surface area contributed by atoms with Gasteiger partial charge in [-0.15, -0.1) is 0 Å². The molecule has 1 saturated carbocycles. The first-order valence-corrected chi connectivity index (χ1v) is 10.7. The van der Waals surface area contributed by atoms with Crippen molar-refractivity contribution in [1.82, 2.24) is 14.7 Å². The van der Waals surface area contributed by atoms with Crippen LogP contribution in [0.1, 0.15) is 59.8 Å². The van der Waals surface area contributed by atoms with Crippen molar-refractivity contribution >= 4 is 5.91 Å². The molecule has 1 amide bonds. The molecule has 0 aromatic heterocycles. The van der Waals surface area contributed by atoms with E-state index in [1.807, 2.05) is 0 Å². The minimum absolute atomic E-state index is 0.246. The Kier molecular flexibility index (Phi) is 6.43. The lowest BCUT2D eigenvalue weighted by molar-refractivity contribution is -0.137. The Bertz CT molecular complexity index is 434. The number of piperazine rings is 1. The summed E-state index contributed by atoms with van der Waals surface area (Å²) in [6.07, 6.45) is 6.57. The van der Waals surface area contributed by atoms with Gasteiger partial charge in [-0.2, -0.15) is 0 Å². The van der Waals surface area contributed by atoms with Gasteiger partial charge in [-0.3, -0.25) is 9.69 Å². The Labute approximate surface area is 154 Å². The zero-order valence-electron chi connectivity index (χ0n) is 16.9. The number of carbonyl (C=O) groups excluding carboxylic acids is 1. The summed E-state index contributed by atoms with van der Waals surface area (Å²) in [5, 5.41) is 0. The molecule has 3 rings (SSSR count). The minimum atomic E-state index is 0.246. The summed E-state index contributed by atoms with van der Waals surface area (Å²) < 4.78 is 0. The molecule has 2 aliphatic heterocycles. The zero-order valence-corrected chi connectivity index (χ0v) is 16.9. The summed E-state index contributed by atoms with van der Waals surface area (Å²) in [4.78, 5) is 20.1. The van der Waals surface area contributed by atoms with Gasteiger partial charge in [0, 0.05) is 44.8 Å². The van der Waals surface area contributed by atoms with Crippen molar-refractivity contribution in [2.45, 2.75) is 71.9 Å². The van der Waals surface area contributed by atoms with Gasteiger partial charge in [-0.05, 0) is 64.3 Å². The highest BCUT2D eigenvalue weighted by molar-refractivity contribution is 5.79. The number of hydrogen-bond donors (Lipinski definition) is 0. The average molecular weight is 350 g/mol. The zero-order chi connectivity index (χ0) is 18.0. The summed E-state index contributed by atoms with van der Waals surface area (Å²) in [7, 11) is 0. The van der Waals surface area contributed by atoms with E-state index in [2.05, 4.69) is 42.4 Å². The molecule has 0 N–H and O–H groups in total. The number of hydrogen-bond acceptors (Lipinski definition) is 3. The molecule has 144 valence electrons. The lowest BCUT2D eigenvalue weighted by atomic mass is 9.79. The maximum absolute atomic E-state index is 12.9. The highest BCUT2D eigenvalue weighted by atomic mass is 16.2. The van der Waals surface area contributed by atoms with Crippen LogP contribution >= 0.6 is 0 Å². The Morgan fingerprint density at radius 3 is 2.00 bits per heavy atom. The summed E-state index contributed by atoms with van der Waals surface area (Å²) in [6.45, 7) is 15.3. The van der Waals surface area contributed by atoms with E-state index in [1.54, 1.807) is 0 Å². The van der Waals surface area contributed by atoms with Gasteiger partial charge in [-0.1, -0.05) is 13.8 Å². The van der Waals surface area contributed by atoms with Crippen LogP contribution in [-0.4, -0.2) is 72.0 Å². The largest absolute Gasteiger partial charge is 0.340 e. The van der Waals surface area contributed by atoms with Crippen LogP contribution in [0.3, 0.4) is 0 Å². The lowest BCUT2D eigenvalue weighted by Gasteiger charge is -2.43. The fourth-order valence-corrected chi connectivity index (χ4v) is 5.16. The predicted octanol–water partition coefficient (Wildman–Crippen LogP) is 3.08. The van der Waals surface area contributed by atoms with Gasteiger partial charge < -0.3 is 9.80 Å². The van der Waals surface area contributed by atoms with E-state index in [0.717, 1.165) is 63.6 Å². The third-order valence-electron chi connectivity index (χ3n) is 7.13. The maximum atomic E-state index is 12.9. The third-order valence-corrected chi connectivity index (χ3v) is 7.13. The summed E-state index contributed by atoms with van der Waals surface area (Å²) in [5.74, 6) is 2.44. The van der Waals surface area contributed by atoms with Crippen LogP contribution in [0.2, 0.25) is 0 Å². The molecule has 0 aromatic carbocycles. The fraction of sp³-hybridized carbons (Fsp3) is 0.952. The highest BCUT2D eigenvalue weighted by Gasteiger charge is 2.35. The Morgan fingerprint density at radius 1 is 0.840 bits per heavy atom. The van der Waals surface area contributed by atoms with Crippen LogP contribution in [0.25, 0.3) is 0 Å². The summed E-state index contributed by atoms with van der Waals surface area (Å²) in [6, 6.07) is 1.34. The second-order valence-corrected chi connectivity index (χ2v) is 9.25. The molecular formula is C21H39N3O. The highest BCUT2D eigenvalue weighted by Crippen LogP contribution is 2.32. The van der Waals surface area contributed by atoms with E-state index in [9.17, 15) is 4.79 Å².